The lowest BCUT2D eigenvalue weighted by Gasteiger charge is -2.41. The van der Waals surface area contributed by atoms with Crippen LogP contribution in [0.25, 0.3) is 11.0 Å². The summed E-state index contributed by atoms with van der Waals surface area (Å²) in [5, 5.41) is 13.2. The Labute approximate surface area is 192 Å². The van der Waals surface area contributed by atoms with E-state index in [1.165, 1.54) is 19.3 Å². The van der Waals surface area contributed by atoms with Crippen LogP contribution in [-0.2, 0) is 27.5 Å². The van der Waals surface area contributed by atoms with Gasteiger partial charge >= 0.3 is 5.63 Å². The molecule has 178 valence electrons. The molecule has 1 saturated carbocycles. The Morgan fingerprint density at radius 1 is 1.18 bits per heavy atom. The van der Waals surface area contributed by atoms with Crippen LogP contribution in [0.5, 0.6) is 5.75 Å². The Morgan fingerprint density at radius 3 is 2.64 bits per heavy atom. The van der Waals surface area contributed by atoms with E-state index in [0.717, 1.165) is 42.4 Å². The Morgan fingerprint density at radius 2 is 1.94 bits per heavy atom. The molecule has 0 unspecified atom stereocenters. The zero-order valence-corrected chi connectivity index (χ0v) is 19.5. The lowest BCUT2D eigenvalue weighted by Crippen LogP contribution is -2.43. The molecule has 1 saturated heterocycles. The lowest BCUT2D eigenvalue weighted by atomic mass is 9.79. The van der Waals surface area contributed by atoms with Crippen LogP contribution in [0.2, 0.25) is 0 Å². The molecule has 1 amide bonds. The average Bonchev–Trinajstić information content (AvgIpc) is 3.01. The summed E-state index contributed by atoms with van der Waals surface area (Å²) in [6.07, 6.45) is 6.18. The first-order valence-electron chi connectivity index (χ1n) is 11.6. The number of nitrogens with one attached hydrogen (secondary N) is 1. The van der Waals surface area contributed by atoms with Gasteiger partial charge in [0.15, 0.2) is 9.84 Å². The highest BCUT2D eigenvalue weighted by atomic mass is 32.2. The fourth-order valence-electron chi connectivity index (χ4n) is 5.54. The lowest BCUT2D eigenvalue weighted by molar-refractivity contribution is -0.121. The van der Waals surface area contributed by atoms with Gasteiger partial charge in [-0.25, -0.2) is 13.2 Å². The molecule has 2 atom stereocenters. The summed E-state index contributed by atoms with van der Waals surface area (Å²) in [6.45, 7) is 1.79. The van der Waals surface area contributed by atoms with Gasteiger partial charge in [-0.2, -0.15) is 0 Å². The van der Waals surface area contributed by atoms with Crippen molar-refractivity contribution in [3.05, 3.63) is 39.2 Å². The van der Waals surface area contributed by atoms with Crippen molar-refractivity contribution in [3.8, 4) is 5.75 Å². The number of amides is 1. The summed E-state index contributed by atoms with van der Waals surface area (Å²) in [6, 6.07) is 2.93. The maximum absolute atomic E-state index is 12.7. The number of fused-ring (bicyclic) bond motifs is 2. The largest absolute Gasteiger partial charge is 0.487 e. The molecular formula is C24H29NO7S. The Balaban J connectivity index is 1.40. The van der Waals surface area contributed by atoms with Crippen LogP contribution < -0.4 is 15.7 Å². The number of benzene rings is 1. The Kier molecular flexibility index (Phi) is 5.52. The third kappa shape index (κ3) is 4.28. The SMILES string of the molecule is Cc1c(CC(=O)N[C@@H]2CS(=O)(=O)C[C@H]2O)c(=O)oc2cc3c(cc12)CCC1(CCCCC1)O3. The summed E-state index contributed by atoms with van der Waals surface area (Å²) < 4.78 is 35.4. The van der Waals surface area contributed by atoms with Crippen LogP contribution in [0.1, 0.15) is 55.2 Å². The van der Waals surface area contributed by atoms with E-state index in [0.29, 0.717) is 11.1 Å². The average molecular weight is 476 g/mol. The van der Waals surface area contributed by atoms with Crippen molar-refractivity contribution in [3.63, 3.8) is 0 Å². The minimum atomic E-state index is -3.38. The second kappa shape index (κ2) is 8.13. The van der Waals surface area contributed by atoms with Crippen LogP contribution in [-0.4, -0.2) is 48.7 Å². The van der Waals surface area contributed by atoms with E-state index in [1.807, 2.05) is 6.07 Å². The van der Waals surface area contributed by atoms with Gasteiger partial charge in [-0.05, 0) is 62.6 Å². The molecule has 9 heteroatoms. The number of carbonyl (C=O) groups is 1. The first-order valence-corrected chi connectivity index (χ1v) is 13.4. The maximum Gasteiger partial charge on any atom is 0.340 e. The van der Waals surface area contributed by atoms with Crippen LogP contribution in [0.4, 0.5) is 0 Å². The molecule has 1 spiro atoms. The normalized spacial score (nSPS) is 25.5. The first kappa shape index (κ1) is 22.4. The van der Waals surface area contributed by atoms with E-state index < -0.39 is 33.5 Å². The van der Waals surface area contributed by atoms with Crippen molar-refractivity contribution in [1.29, 1.82) is 0 Å². The van der Waals surface area contributed by atoms with Gasteiger partial charge in [0, 0.05) is 11.5 Å². The Hall–Kier alpha value is -2.39. The van der Waals surface area contributed by atoms with Crippen LogP contribution >= 0.6 is 0 Å². The minimum Gasteiger partial charge on any atom is -0.487 e. The third-order valence-corrected chi connectivity index (χ3v) is 9.13. The molecule has 0 radical (unpaired) electrons. The molecule has 33 heavy (non-hydrogen) atoms. The van der Waals surface area contributed by atoms with Gasteiger partial charge in [-0.15, -0.1) is 0 Å². The van der Waals surface area contributed by atoms with Gasteiger partial charge < -0.3 is 19.6 Å². The van der Waals surface area contributed by atoms with E-state index in [-0.39, 0.29) is 29.1 Å². The van der Waals surface area contributed by atoms with Crippen molar-refractivity contribution in [2.45, 2.75) is 76.0 Å². The standard InChI is InChI=1S/C24H29NO7S/c1-14-16-9-15-5-8-24(6-3-2-4-7-24)32-20(15)11-21(16)31-23(28)17(14)10-22(27)25-18-12-33(29,30)13-19(18)26/h9,11,18-19,26H,2-8,10,12-13H2,1H3,(H,25,27)/t18-,19-/m1/s1. The number of hydrogen-bond donors (Lipinski definition) is 2. The Bertz CT molecular complexity index is 1270. The van der Waals surface area contributed by atoms with Crippen LogP contribution in [0.3, 0.4) is 0 Å². The molecule has 2 aliphatic heterocycles. The number of hydrogen-bond acceptors (Lipinski definition) is 7. The van der Waals surface area contributed by atoms with E-state index in [1.54, 1.807) is 13.0 Å². The predicted molar refractivity (Wildman–Crippen MR) is 122 cm³/mol. The van der Waals surface area contributed by atoms with E-state index in [4.69, 9.17) is 9.15 Å². The van der Waals surface area contributed by atoms with E-state index >= 15 is 0 Å². The third-order valence-electron chi connectivity index (χ3n) is 7.42. The van der Waals surface area contributed by atoms with E-state index in [2.05, 4.69) is 5.32 Å². The fourth-order valence-corrected chi connectivity index (χ4v) is 7.28. The minimum absolute atomic E-state index is 0.107. The van der Waals surface area contributed by atoms with Gasteiger partial charge in [0.1, 0.15) is 16.9 Å². The molecule has 3 aliphatic rings. The van der Waals surface area contributed by atoms with E-state index in [9.17, 15) is 23.1 Å². The molecule has 1 aromatic heterocycles. The molecule has 1 aliphatic carbocycles. The maximum atomic E-state index is 12.7. The summed E-state index contributed by atoms with van der Waals surface area (Å²) in [7, 11) is -3.38. The summed E-state index contributed by atoms with van der Waals surface area (Å²) in [5.41, 5.74) is 1.70. The van der Waals surface area contributed by atoms with Crippen molar-refractivity contribution < 1.29 is 27.5 Å². The molecule has 1 aromatic carbocycles. The number of aliphatic hydroxyl groups is 1. The number of sulfone groups is 1. The molecule has 2 N–H and O–H groups in total. The molecule has 2 aromatic rings. The van der Waals surface area contributed by atoms with Gasteiger partial charge in [-0.1, -0.05) is 6.42 Å². The quantitative estimate of drug-likeness (QED) is 0.651. The zero-order chi connectivity index (χ0) is 23.4. The number of carbonyl (C=O) groups excluding carboxylic acids is 1. The smallest absolute Gasteiger partial charge is 0.340 e. The molecule has 8 nitrogen and oxygen atoms in total. The highest BCUT2D eigenvalue weighted by Gasteiger charge is 2.39. The fraction of sp³-hybridized carbons (Fsp3) is 0.583. The number of aliphatic hydroxyl groups excluding tert-OH is 1. The van der Waals surface area contributed by atoms with Gasteiger partial charge in [0.25, 0.3) is 0 Å². The highest BCUT2D eigenvalue weighted by molar-refractivity contribution is 7.91. The van der Waals surface area contributed by atoms with Crippen molar-refractivity contribution in [1.82, 2.24) is 5.32 Å². The molecule has 3 heterocycles. The van der Waals surface area contributed by atoms with Crippen molar-refractivity contribution >= 4 is 26.7 Å². The summed E-state index contributed by atoms with van der Waals surface area (Å²) in [5.74, 6) is -0.422. The summed E-state index contributed by atoms with van der Waals surface area (Å²) >= 11 is 0. The van der Waals surface area contributed by atoms with Crippen molar-refractivity contribution in [2.75, 3.05) is 11.5 Å². The molecule has 2 fully saturated rings. The van der Waals surface area contributed by atoms with Crippen LogP contribution in [0.15, 0.2) is 21.3 Å². The first-order chi connectivity index (χ1) is 15.6. The number of aryl methyl sites for hydroxylation is 2. The van der Waals surface area contributed by atoms with Gasteiger partial charge in [-0.3, -0.25) is 4.79 Å². The number of ether oxygens (including phenoxy) is 1. The second-order valence-corrected chi connectivity index (χ2v) is 11.9. The number of rotatable bonds is 3. The van der Waals surface area contributed by atoms with Gasteiger partial charge in [0.05, 0.1) is 35.6 Å². The van der Waals surface area contributed by atoms with Crippen molar-refractivity contribution in [2.24, 2.45) is 0 Å². The molecule has 0 bridgehead atoms. The topological polar surface area (TPSA) is 123 Å². The highest BCUT2D eigenvalue weighted by Crippen LogP contribution is 2.43. The predicted octanol–water partition coefficient (Wildman–Crippen LogP) is 1.95. The zero-order valence-electron chi connectivity index (χ0n) is 18.7. The monoisotopic (exact) mass is 475 g/mol. The summed E-state index contributed by atoms with van der Waals surface area (Å²) in [4.78, 5) is 25.3. The molecule has 5 rings (SSSR count). The molecular weight excluding hydrogens is 446 g/mol. The van der Waals surface area contributed by atoms with Gasteiger partial charge in [0.2, 0.25) is 5.91 Å². The van der Waals surface area contributed by atoms with Crippen LogP contribution in [0, 0.1) is 6.92 Å². The second-order valence-electron chi connectivity index (χ2n) is 9.79.